The van der Waals surface area contributed by atoms with E-state index in [9.17, 15) is 19.4 Å². The summed E-state index contributed by atoms with van der Waals surface area (Å²) in [5, 5.41) is 0. The second kappa shape index (κ2) is 14.8. The number of nitrogens with two attached hydrogens (primary N) is 1. The van der Waals surface area contributed by atoms with Crippen LogP contribution in [0.15, 0.2) is 34.5 Å². The van der Waals surface area contributed by atoms with Crippen LogP contribution in [0.3, 0.4) is 0 Å². The molecule has 10 atom stereocenters. The molecule has 3 aromatic rings. The average Bonchev–Trinajstić information content (AvgIpc) is 3.70. The van der Waals surface area contributed by atoms with Crippen LogP contribution in [-0.2, 0) is 65.4 Å². The fraction of sp³-hybridized carbons (Fsp3) is 0.609. The summed E-state index contributed by atoms with van der Waals surface area (Å²) in [5.74, 6) is 0.170. The van der Waals surface area contributed by atoms with Gasteiger partial charge in [0, 0.05) is 40.7 Å². The predicted molar refractivity (Wildman–Crippen MR) is 168 cm³/mol. The van der Waals surface area contributed by atoms with Crippen LogP contribution in [0.4, 0.5) is 5.82 Å². The van der Waals surface area contributed by atoms with Crippen molar-refractivity contribution in [1.82, 2.24) is 29.1 Å². The lowest BCUT2D eigenvalue weighted by Crippen LogP contribution is -2.40. The van der Waals surface area contributed by atoms with Crippen molar-refractivity contribution in [2.24, 2.45) is 0 Å². The third-order valence-corrected chi connectivity index (χ3v) is 10.6. The van der Waals surface area contributed by atoms with Gasteiger partial charge in [0.25, 0.3) is 5.56 Å². The van der Waals surface area contributed by atoms with Crippen LogP contribution >= 0.6 is 13.4 Å². The predicted octanol–water partition coefficient (Wildman–Crippen LogP) is -0.703. The van der Waals surface area contributed by atoms with Crippen molar-refractivity contribution in [2.45, 2.75) is 49.1 Å². The van der Waals surface area contributed by atoms with E-state index in [0.29, 0.717) is 11.2 Å². The Hall–Kier alpha value is -2.11. The summed E-state index contributed by atoms with van der Waals surface area (Å²) in [4.78, 5) is 60.6. The minimum atomic E-state index is -4.14. The van der Waals surface area contributed by atoms with Crippen LogP contribution in [-0.4, -0.2) is 117 Å². The Morgan fingerprint density at radius 3 is 2.13 bits per heavy atom. The maximum Gasteiger partial charge on any atom is 0.330 e. The molecule has 260 valence electrons. The molecule has 47 heavy (non-hydrogen) atoms. The normalized spacial score (nSPS) is 30.4. The summed E-state index contributed by atoms with van der Waals surface area (Å²) in [6.07, 6.45) is -4.26. The van der Waals surface area contributed by atoms with E-state index in [4.69, 9.17) is 71.1 Å². The van der Waals surface area contributed by atoms with E-state index in [-0.39, 0.29) is 12.4 Å². The number of nitrogens with zero attached hydrogens (tertiary/aromatic N) is 5. The maximum atomic E-state index is 12.6. The molecule has 5 N–H and O–H groups in total. The van der Waals surface area contributed by atoms with Crippen molar-refractivity contribution in [3.63, 3.8) is 0 Å². The molecule has 5 heterocycles. The minimum Gasteiger partial charge on any atom is -0.382 e. The Morgan fingerprint density at radius 1 is 0.915 bits per heavy atom. The lowest BCUT2D eigenvalue weighted by atomic mass is 10.1. The van der Waals surface area contributed by atoms with Gasteiger partial charge in [-0.1, -0.05) is 0 Å². The molecule has 24 heteroatoms. The SMILES string of the molecule is COC[C@H]1O[C@@H](n2cnc3c(N)ncnc32)[C@@H](OC)C1OP(O)(=S)OC[C@H]1O[C@@H](n2ccc(=O)[nH]c2=O)[C@@H](OC)C1OP(O)(=S)OC. The Kier molecular flexibility index (Phi) is 11.4. The van der Waals surface area contributed by atoms with Gasteiger partial charge in [0.15, 0.2) is 23.9 Å². The van der Waals surface area contributed by atoms with E-state index in [1.54, 1.807) is 4.57 Å². The molecule has 2 saturated heterocycles. The number of ether oxygens (including phenoxy) is 5. The minimum absolute atomic E-state index is 0.0189. The monoisotopic (exact) mass is 741 g/mol. The largest absolute Gasteiger partial charge is 0.382 e. The third-order valence-electron chi connectivity index (χ3n) is 7.38. The van der Waals surface area contributed by atoms with Gasteiger partial charge in [-0.05, 0) is 23.6 Å². The molecule has 4 unspecified atom stereocenters. The van der Waals surface area contributed by atoms with E-state index in [0.717, 1.165) is 17.7 Å². The molecule has 2 aliphatic rings. The zero-order chi connectivity index (χ0) is 34.1. The number of nitrogen functional groups attached to an aromatic ring is 1. The molecule has 0 aromatic carbocycles. The van der Waals surface area contributed by atoms with Gasteiger partial charge >= 0.3 is 19.1 Å². The Labute approximate surface area is 276 Å². The fourth-order valence-corrected chi connectivity index (χ4v) is 7.67. The van der Waals surface area contributed by atoms with Gasteiger partial charge in [0.1, 0.15) is 48.5 Å². The highest BCUT2D eigenvalue weighted by molar-refractivity contribution is 8.07. The number of aromatic amines is 1. The number of fused-ring (bicyclic) bond motifs is 1. The van der Waals surface area contributed by atoms with Crippen molar-refractivity contribution in [3.8, 4) is 0 Å². The Bertz CT molecular complexity index is 1780. The summed E-state index contributed by atoms with van der Waals surface area (Å²) in [6, 6.07) is 1.11. The van der Waals surface area contributed by atoms with Gasteiger partial charge in [0.05, 0.1) is 19.5 Å². The van der Waals surface area contributed by atoms with Gasteiger partial charge in [-0.2, -0.15) is 0 Å². The molecule has 0 bridgehead atoms. The third kappa shape index (κ3) is 7.72. The first-order valence-electron chi connectivity index (χ1n) is 13.7. The number of nitrogens with one attached hydrogen (secondary N) is 1. The van der Waals surface area contributed by atoms with Crippen LogP contribution in [0.1, 0.15) is 12.5 Å². The van der Waals surface area contributed by atoms with Crippen LogP contribution in [0.5, 0.6) is 0 Å². The van der Waals surface area contributed by atoms with E-state index in [1.807, 2.05) is 0 Å². The lowest BCUT2D eigenvalue weighted by molar-refractivity contribution is -0.0645. The second-order valence-corrected chi connectivity index (χ2v) is 15.8. The number of hydrogen-bond donors (Lipinski definition) is 4. The number of hydrogen-bond acceptors (Lipinski definition) is 17. The fourth-order valence-electron chi connectivity index (χ4n) is 5.29. The zero-order valence-corrected chi connectivity index (χ0v) is 28.7. The molecule has 2 fully saturated rings. The first-order chi connectivity index (χ1) is 22.3. The number of H-pyrrole nitrogens is 1. The summed E-state index contributed by atoms with van der Waals surface area (Å²) in [6.45, 7) is -8.44. The van der Waals surface area contributed by atoms with E-state index in [2.05, 4.69) is 19.9 Å². The summed E-state index contributed by atoms with van der Waals surface area (Å²) >= 11 is 10.4. The van der Waals surface area contributed by atoms with Crippen LogP contribution in [0.25, 0.3) is 11.2 Å². The smallest absolute Gasteiger partial charge is 0.330 e. The van der Waals surface area contributed by atoms with Gasteiger partial charge in [-0.25, -0.2) is 19.7 Å². The van der Waals surface area contributed by atoms with Gasteiger partial charge in [0.2, 0.25) is 0 Å². The molecular formula is C23H33N7O13P2S2. The lowest BCUT2D eigenvalue weighted by Gasteiger charge is -2.29. The molecule has 0 saturated carbocycles. The number of methoxy groups -OCH3 is 3. The van der Waals surface area contributed by atoms with E-state index >= 15 is 0 Å². The highest BCUT2D eigenvalue weighted by Gasteiger charge is 2.52. The number of imidazole rings is 1. The first kappa shape index (κ1) is 36.2. The van der Waals surface area contributed by atoms with Crippen LogP contribution in [0, 0.1) is 0 Å². The zero-order valence-electron chi connectivity index (χ0n) is 25.3. The van der Waals surface area contributed by atoms with E-state index < -0.39 is 80.4 Å². The quantitative estimate of drug-likeness (QED) is 0.149. The second-order valence-electron chi connectivity index (χ2n) is 10.1. The standard InChI is InChI=1S/C23H33N7O13P2S2/c1-35-7-11-15(18(37-3)22(40-11)30-10-27-14-19(24)25-9-26-20(14)30)43-45(34,47)39-8-12-16(42-44(33,46)38-4)17(36-2)21(41-12)29-6-5-13(31)28-23(29)32/h5-6,9-12,15-18,21-22H,7-8H2,1-4H3,(H,33,46)(H,34,47)(H2,24,25,26)(H,28,31,32)/t11-,12-,15?,16?,17+,18+,21-,22-,44?,45?/m1/s1. The summed E-state index contributed by atoms with van der Waals surface area (Å²) < 4.78 is 53.8. The molecule has 5 rings (SSSR count). The average molecular weight is 742 g/mol. The van der Waals surface area contributed by atoms with Crippen molar-refractivity contribution < 1.29 is 51.6 Å². The highest BCUT2D eigenvalue weighted by atomic mass is 32.5. The number of rotatable bonds is 14. The number of aromatic nitrogens is 6. The topological polar surface area (TPSA) is 248 Å². The molecule has 0 aliphatic carbocycles. The van der Waals surface area contributed by atoms with Gasteiger partial charge in [-0.15, -0.1) is 0 Å². The summed E-state index contributed by atoms with van der Waals surface area (Å²) in [7, 11) is 5.34. The molecule has 0 radical (unpaired) electrons. The molecule has 0 amide bonds. The van der Waals surface area contributed by atoms with Crippen molar-refractivity contribution in [3.05, 3.63) is 45.8 Å². The Morgan fingerprint density at radius 2 is 1.53 bits per heavy atom. The van der Waals surface area contributed by atoms with Crippen molar-refractivity contribution >= 4 is 54.0 Å². The summed E-state index contributed by atoms with van der Waals surface area (Å²) in [5.41, 5.74) is 5.23. The van der Waals surface area contributed by atoms with Crippen molar-refractivity contribution in [2.75, 3.05) is 47.4 Å². The molecule has 20 nitrogen and oxygen atoms in total. The van der Waals surface area contributed by atoms with Gasteiger partial charge < -0.3 is 48.3 Å². The highest BCUT2D eigenvalue weighted by Crippen LogP contribution is 2.52. The van der Waals surface area contributed by atoms with Gasteiger partial charge in [-0.3, -0.25) is 28.0 Å². The molecular weight excluding hydrogens is 708 g/mol. The Balaban J connectivity index is 1.37. The van der Waals surface area contributed by atoms with Crippen LogP contribution < -0.4 is 17.0 Å². The number of anilines is 1. The molecule has 0 spiro atoms. The maximum absolute atomic E-state index is 12.6. The first-order valence-corrected chi connectivity index (χ1v) is 18.8. The molecule has 2 aliphatic heterocycles. The molecule has 3 aromatic heterocycles. The van der Waals surface area contributed by atoms with Crippen molar-refractivity contribution in [1.29, 1.82) is 0 Å². The van der Waals surface area contributed by atoms with Crippen LogP contribution in [0.2, 0.25) is 0 Å². The van der Waals surface area contributed by atoms with E-state index in [1.165, 1.54) is 40.2 Å².